The Morgan fingerprint density at radius 1 is 1.24 bits per heavy atom. The van der Waals surface area contributed by atoms with Crippen LogP contribution in [0.5, 0.6) is 0 Å². The van der Waals surface area contributed by atoms with E-state index in [1.165, 1.54) is 18.2 Å². The molecule has 0 saturated carbocycles. The number of nitrogens with zero attached hydrogens (tertiary/aromatic N) is 2. The molecule has 9 nitrogen and oxygen atoms in total. The van der Waals surface area contributed by atoms with Gasteiger partial charge in [-0.2, -0.15) is 0 Å². The van der Waals surface area contributed by atoms with Crippen molar-refractivity contribution in [3.63, 3.8) is 0 Å². The highest BCUT2D eigenvalue weighted by Gasteiger charge is 2.17. The lowest BCUT2D eigenvalue weighted by atomic mass is 10.1. The highest BCUT2D eigenvalue weighted by molar-refractivity contribution is 5.98. The summed E-state index contributed by atoms with van der Waals surface area (Å²) in [6, 6.07) is 3.79. The molecule has 0 atom stereocenters. The average Bonchev–Trinajstić information content (AvgIpc) is 2.96. The zero-order valence-electron chi connectivity index (χ0n) is 15.9. The van der Waals surface area contributed by atoms with Gasteiger partial charge in [-0.05, 0) is 31.0 Å². The van der Waals surface area contributed by atoms with E-state index in [4.69, 9.17) is 4.74 Å². The molecule has 1 aromatic heterocycles. The number of imide groups is 1. The number of aryl methyl sites for hydroxylation is 1. The number of fused-ring (bicyclic) bond motifs is 2. The van der Waals surface area contributed by atoms with Crippen molar-refractivity contribution in [2.45, 2.75) is 32.2 Å². The monoisotopic (exact) mass is 398 g/mol. The molecule has 0 spiro atoms. The van der Waals surface area contributed by atoms with Crippen molar-refractivity contribution in [3.05, 3.63) is 52.6 Å². The van der Waals surface area contributed by atoms with E-state index >= 15 is 0 Å². The van der Waals surface area contributed by atoms with Gasteiger partial charge in [-0.25, -0.2) is 14.6 Å². The number of nitrogens with one attached hydrogen (secondary N) is 2. The van der Waals surface area contributed by atoms with Gasteiger partial charge in [-0.3, -0.25) is 19.5 Å². The Bertz CT molecular complexity index is 1030. The molecule has 2 N–H and O–H groups in total. The van der Waals surface area contributed by atoms with Gasteiger partial charge < -0.3 is 10.1 Å². The molecule has 1 aliphatic rings. The van der Waals surface area contributed by atoms with Crippen molar-refractivity contribution in [2.24, 2.45) is 0 Å². The zero-order valence-corrected chi connectivity index (χ0v) is 15.9. The van der Waals surface area contributed by atoms with Crippen molar-refractivity contribution >= 4 is 28.8 Å². The second kappa shape index (κ2) is 9.13. The van der Waals surface area contributed by atoms with Crippen LogP contribution in [0.25, 0.3) is 10.9 Å². The number of hydrogen-bond donors (Lipinski definition) is 2. The van der Waals surface area contributed by atoms with Crippen LogP contribution >= 0.6 is 0 Å². The van der Waals surface area contributed by atoms with Crippen LogP contribution in [0.2, 0.25) is 0 Å². The molecule has 0 saturated heterocycles. The molecule has 3 rings (SSSR count). The first-order valence-electron chi connectivity index (χ1n) is 9.39. The summed E-state index contributed by atoms with van der Waals surface area (Å²) in [4.78, 5) is 52.6. The van der Waals surface area contributed by atoms with Gasteiger partial charge in [0, 0.05) is 19.5 Å². The normalized spacial score (nSPS) is 13.1. The van der Waals surface area contributed by atoms with Crippen LogP contribution in [0, 0.1) is 0 Å². The molecule has 0 unspecified atom stereocenters. The van der Waals surface area contributed by atoms with Crippen molar-refractivity contribution in [3.8, 4) is 0 Å². The van der Waals surface area contributed by atoms with E-state index in [0.29, 0.717) is 23.9 Å². The van der Waals surface area contributed by atoms with E-state index in [1.807, 2.05) is 5.32 Å². The molecule has 1 aromatic carbocycles. The Morgan fingerprint density at radius 3 is 2.86 bits per heavy atom. The Hall–Kier alpha value is -3.49. The number of amides is 3. The second-order valence-electron chi connectivity index (χ2n) is 6.65. The number of ether oxygens (including phenoxy) is 1. The molecular weight excluding hydrogens is 376 g/mol. The van der Waals surface area contributed by atoms with Gasteiger partial charge in [0.1, 0.15) is 5.82 Å². The lowest BCUT2D eigenvalue weighted by Gasteiger charge is -2.11. The van der Waals surface area contributed by atoms with Crippen LogP contribution < -0.4 is 16.2 Å². The highest BCUT2D eigenvalue weighted by atomic mass is 16.5. The summed E-state index contributed by atoms with van der Waals surface area (Å²) >= 11 is 0. The quantitative estimate of drug-likeness (QED) is 0.579. The van der Waals surface area contributed by atoms with Gasteiger partial charge in [0.25, 0.3) is 11.5 Å². The highest BCUT2D eigenvalue weighted by Crippen LogP contribution is 2.16. The number of rotatable bonds is 5. The first-order valence-corrected chi connectivity index (χ1v) is 9.39. The predicted molar refractivity (Wildman–Crippen MR) is 106 cm³/mol. The Kier molecular flexibility index (Phi) is 6.38. The summed E-state index contributed by atoms with van der Waals surface area (Å²) in [6.07, 6.45) is 5.13. The van der Waals surface area contributed by atoms with Gasteiger partial charge in [0.15, 0.2) is 6.61 Å². The maximum atomic E-state index is 12.7. The molecule has 2 aromatic rings. The molecule has 9 heteroatoms. The minimum absolute atomic E-state index is 0.114. The fourth-order valence-electron chi connectivity index (χ4n) is 3.13. The molecule has 0 fully saturated rings. The van der Waals surface area contributed by atoms with Crippen LogP contribution in [-0.4, -0.2) is 40.6 Å². The smallest absolute Gasteiger partial charge is 0.338 e. The van der Waals surface area contributed by atoms with E-state index in [0.717, 1.165) is 25.1 Å². The number of hydrogen-bond acceptors (Lipinski definition) is 6. The van der Waals surface area contributed by atoms with Crippen LogP contribution in [-0.2, 0) is 22.5 Å². The van der Waals surface area contributed by atoms with E-state index in [9.17, 15) is 19.2 Å². The Labute approximate surface area is 166 Å². The minimum atomic E-state index is -0.762. The third kappa shape index (κ3) is 4.87. The van der Waals surface area contributed by atoms with Crippen LogP contribution in [0.3, 0.4) is 0 Å². The van der Waals surface area contributed by atoms with Gasteiger partial charge in [0.05, 0.1) is 16.5 Å². The number of aromatic nitrogens is 2. The average molecular weight is 398 g/mol. The molecule has 0 aliphatic carbocycles. The van der Waals surface area contributed by atoms with E-state index in [2.05, 4.69) is 16.9 Å². The van der Waals surface area contributed by atoms with Crippen molar-refractivity contribution in [1.82, 2.24) is 20.2 Å². The van der Waals surface area contributed by atoms with Crippen LogP contribution in [0.1, 0.15) is 35.4 Å². The van der Waals surface area contributed by atoms with Crippen molar-refractivity contribution in [2.75, 3.05) is 13.2 Å². The van der Waals surface area contributed by atoms with Crippen molar-refractivity contribution < 1.29 is 19.1 Å². The lowest BCUT2D eigenvalue weighted by molar-refractivity contribution is -0.123. The molecule has 152 valence electrons. The topological polar surface area (TPSA) is 119 Å². The predicted octanol–water partition coefficient (Wildman–Crippen LogP) is 1.29. The summed E-state index contributed by atoms with van der Waals surface area (Å²) in [5.74, 6) is -0.789. The molecule has 0 bridgehead atoms. The summed E-state index contributed by atoms with van der Waals surface area (Å²) < 4.78 is 6.65. The fourth-order valence-corrected chi connectivity index (χ4v) is 3.13. The van der Waals surface area contributed by atoms with Crippen LogP contribution in [0.4, 0.5) is 4.79 Å². The number of carbonyl (C=O) groups is 3. The van der Waals surface area contributed by atoms with Gasteiger partial charge in [-0.15, -0.1) is 6.58 Å². The number of benzene rings is 1. The molecule has 2 heterocycles. The first-order chi connectivity index (χ1) is 14.0. The molecule has 1 aliphatic heterocycles. The minimum Gasteiger partial charge on any atom is -0.452 e. The second-order valence-corrected chi connectivity index (χ2v) is 6.65. The summed E-state index contributed by atoms with van der Waals surface area (Å²) in [7, 11) is 0. The largest absolute Gasteiger partial charge is 0.452 e. The van der Waals surface area contributed by atoms with Gasteiger partial charge in [0.2, 0.25) is 0 Å². The standard InChI is InChI=1S/C20H22N4O5/c1-2-9-21-20(28)23-17(25)12-29-19(27)13-7-8-14-15(11-13)22-16-6-4-3-5-10-24(16)18(14)26/h2,7-8,11H,1,3-6,9-10,12H2,(H2,21,23,25,28). The molecular formula is C20H22N4O5. The summed E-state index contributed by atoms with van der Waals surface area (Å²) in [5, 5.41) is 4.83. The zero-order chi connectivity index (χ0) is 20.8. The van der Waals surface area contributed by atoms with Gasteiger partial charge >= 0.3 is 12.0 Å². The Morgan fingerprint density at radius 2 is 2.07 bits per heavy atom. The van der Waals surface area contributed by atoms with Gasteiger partial charge in [-0.1, -0.05) is 12.5 Å². The third-order valence-corrected chi connectivity index (χ3v) is 4.55. The maximum absolute atomic E-state index is 12.7. The van der Waals surface area contributed by atoms with Crippen LogP contribution in [0.15, 0.2) is 35.6 Å². The molecule has 0 radical (unpaired) electrons. The van der Waals surface area contributed by atoms with Crippen molar-refractivity contribution in [1.29, 1.82) is 0 Å². The molecule has 3 amide bonds. The maximum Gasteiger partial charge on any atom is 0.338 e. The van der Waals surface area contributed by atoms with E-state index < -0.39 is 24.5 Å². The summed E-state index contributed by atoms with van der Waals surface area (Å²) in [5.41, 5.74) is 0.481. The Balaban J connectivity index is 1.70. The number of carbonyl (C=O) groups excluding carboxylic acids is 3. The first kappa shape index (κ1) is 20.2. The van der Waals surface area contributed by atoms with E-state index in [1.54, 1.807) is 10.6 Å². The summed E-state index contributed by atoms with van der Waals surface area (Å²) in [6.45, 7) is 3.68. The number of urea groups is 1. The SMILES string of the molecule is C=CCNC(=O)NC(=O)COC(=O)c1ccc2c(=O)n3c(nc2c1)CCCCC3. The van der Waals surface area contributed by atoms with E-state index in [-0.39, 0.29) is 17.7 Å². The number of esters is 1. The fraction of sp³-hybridized carbons (Fsp3) is 0.350. The molecule has 29 heavy (non-hydrogen) atoms. The lowest BCUT2D eigenvalue weighted by Crippen LogP contribution is -2.41. The third-order valence-electron chi connectivity index (χ3n) is 4.55.